The van der Waals surface area contributed by atoms with Crippen molar-refractivity contribution in [2.45, 2.75) is 23.6 Å². The topological polar surface area (TPSA) is 73.6 Å². The van der Waals surface area contributed by atoms with Gasteiger partial charge in [0.05, 0.1) is 11.5 Å². The molecule has 0 radical (unpaired) electrons. The van der Waals surface area contributed by atoms with Crippen molar-refractivity contribution in [3.63, 3.8) is 0 Å². The number of benzene rings is 2. The zero-order valence-electron chi connectivity index (χ0n) is 13.3. The van der Waals surface area contributed by atoms with E-state index in [1.807, 2.05) is 13.8 Å². The van der Waals surface area contributed by atoms with Gasteiger partial charge in [-0.15, -0.1) is 0 Å². The molecule has 3 aromatic rings. The smallest absolute Gasteiger partial charge is 0.355 e. The Morgan fingerprint density at radius 2 is 1.79 bits per heavy atom. The molecule has 2 aromatic carbocycles. The Balaban J connectivity index is 2.22. The van der Waals surface area contributed by atoms with Gasteiger partial charge in [0.2, 0.25) is 9.84 Å². The average Bonchev–Trinajstić information content (AvgIpc) is 2.55. The number of rotatable bonds is 4. The lowest BCUT2D eigenvalue weighted by Crippen LogP contribution is -2.14. The van der Waals surface area contributed by atoms with Crippen LogP contribution in [0, 0.1) is 6.92 Å². The van der Waals surface area contributed by atoms with Crippen LogP contribution in [0.4, 0.5) is 0 Å². The van der Waals surface area contributed by atoms with Crippen LogP contribution in [-0.4, -0.2) is 15.0 Å². The minimum absolute atomic E-state index is 0.0562. The predicted octanol–water partition coefficient (Wildman–Crippen LogP) is 3.33. The summed E-state index contributed by atoms with van der Waals surface area (Å²) in [6, 6.07) is 12.7. The fourth-order valence-electron chi connectivity index (χ4n) is 2.40. The number of para-hydroxylation sites is 1. The Hall–Kier alpha value is -2.60. The third-order valence-electron chi connectivity index (χ3n) is 3.61. The molecule has 0 unspecified atom stereocenters. The van der Waals surface area contributed by atoms with E-state index in [0.29, 0.717) is 17.7 Å². The van der Waals surface area contributed by atoms with Crippen molar-refractivity contribution >= 4 is 20.8 Å². The van der Waals surface area contributed by atoms with Crippen LogP contribution in [0.2, 0.25) is 0 Å². The number of ether oxygens (including phenoxy) is 1. The van der Waals surface area contributed by atoms with E-state index in [4.69, 9.17) is 9.15 Å². The molecule has 1 aromatic heterocycles. The van der Waals surface area contributed by atoms with E-state index in [-0.39, 0.29) is 15.4 Å². The molecule has 0 aliphatic rings. The second kappa shape index (κ2) is 6.13. The fourth-order valence-corrected chi connectivity index (χ4v) is 3.69. The van der Waals surface area contributed by atoms with Gasteiger partial charge in [0, 0.05) is 5.39 Å². The van der Waals surface area contributed by atoms with Gasteiger partial charge in [-0.05, 0) is 38.1 Å². The third-order valence-corrected chi connectivity index (χ3v) is 5.37. The Morgan fingerprint density at radius 3 is 2.46 bits per heavy atom. The molecule has 0 atom stereocenters. The summed E-state index contributed by atoms with van der Waals surface area (Å²) in [5.74, 6) is 0.409. The van der Waals surface area contributed by atoms with Gasteiger partial charge in [0.1, 0.15) is 0 Å². The largest absolute Gasteiger partial charge is 0.490 e. The molecule has 0 aliphatic heterocycles. The fraction of sp³-hybridized carbons (Fsp3) is 0.167. The second-order valence-corrected chi connectivity index (χ2v) is 7.24. The molecule has 0 bridgehead atoms. The first-order valence-electron chi connectivity index (χ1n) is 7.45. The molecular formula is C18H16O5S. The van der Waals surface area contributed by atoms with Crippen molar-refractivity contribution in [1.29, 1.82) is 0 Å². The molecule has 0 fully saturated rings. The van der Waals surface area contributed by atoms with E-state index in [1.54, 1.807) is 30.3 Å². The number of aryl methyl sites for hydroxylation is 1. The maximum atomic E-state index is 12.7. The average molecular weight is 344 g/mol. The van der Waals surface area contributed by atoms with E-state index >= 15 is 0 Å². The lowest BCUT2D eigenvalue weighted by molar-refractivity contribution is 0.336. The first kappa shape index (κ1) is 16.3. The first-order valence-corrected chi connectivity index (χ1v) is 8.93. The quantitative estimate of drug-likeness (QED) is 0.679. The van der Waals surface area contributed by atoms with E-state index < -0.39 is 15.5 Å². The Kier molecular flexibility index (Phi) is 4.15. The summed E-state index contributed by atoms with van der Waals surface area (Å²) in [7, 11) is -3.95. The highest BCUT2D eigenvalue weighted by Gasteiger charge is 2.23. The Bertz CT molecular complexity index is 1050. The molecule has 0 spiro atoms. The molecule has 0 saturated carbocycles. The summed E-state index contributed by atoms with van der Waals surface area (Å²) in [5.41, 5.74) is 0.267. The van der Waals surface area contributed by atoms with Gasteiger partial charge in [-0.1, -0.05) is 29.8 Å². The van der Waals surface area contributed by atoms with Crippen LogP contribution in [0.5, 0.6) is 5.75 Å². The van der Waals surface area contributed by atoms with E-state index in [9.17, 15) is 13.2 Å². The van der Waals surface area contributed by atoms with E-state index in [0.717, 1.165) is 5.56 Å². The number of hydrogen-bond acceptors (Lipinski definition) is 5. The minimum Gasteiger partial charge on any atom is -0.490 e. The van der Waals surface area contributed by atoms with Crippen LogP contribution >= 0.6 is 0 Å². The maximum Gasteiger partial charge on any atom is 0.355 e. The van der Waals surface area contributed by atoms with Gasteiger partial charge in [0.15, 0.2) is 16.2 Å². The number of hydrogen-bond donors (Lipinski definition) is 0. The standard InChI is InChI=1S/C18H16O5S/c1-3-22-15-6-4-5-13-11-16(18(19)23-17(13)15)24(20,21)14-9-7-12(2)8-10-14/h4-11H,3H2,1-2H3. The molecule has 24 heavy (non-hydrogen) atoms. The predicted molar refractivity (Wildman–Crippen MR) is 90.3 cm³/mol. The Morgan fingerprint density at radius 1 is 1.08 bits per heavy atom. The molecule has 124 valence electrons. The van der Waals surface area contributed by atoms with E-state index in [2.05, 4.69) is 0 Å². The van der Waals surface area contributed by atoms with Gasteiger partial charge in [-0.2, -0.15) is 0 Å². The molecule has 0 aliphatic carbocycles. The van der Waals surface area contributed by atoms with Crippen LogP contribution in [-0.2, 0) is 9.84 Å². The number of fused-ring (bicyclic) bond motifs is 1. The monoisotopic (exact) mass is 344 g/mol. The molecule has 0 amide bonds. The zero-order valence-corrected chi connectivity index (χ0v) is 14.1. The SMILES string of the molecule is CCOc1cccc2cc(S(=O)(=O)c3ccc(C)cc3)c(=O)oc12. The maximum absolute atomic E-state index is 12.7. The molecule has 0 saturated heterocycles. The van der Waals surface area contributed by atoms with Crippen molar-refractivity contribution in [2.24, 2.45) is 0 Å². The van der Waals surface area contributed by atoms with E-state index in [1.165, 1.54) is 18.2 Å². The summed E-state index contributed by atoms with van der Waals surface area (Å²) in [4.78, 5) is 11.9. The van der Waals surface area contributed by atoms with Crippen molar-refractivity contribution < 1.29 is 17.6 Å². The van der Waals surface area contributed by atoms with Crippen molar-refractivity contribution in [3.8, 4) is 5.75 Å². The second-order valence-electron chi connectivity index (χ2n) is 5.32. The Labute approximate surface area is 139 Å². The highest BCUT2D eigenvalue weighted by molar-refractivity contribution is 7.91. The molecule has 6 heteroatoms. The van der Waals surface area contributed by atoms with Gasteiger partial charge in [-0.3, -0.25) is 0 Å². The zero-order chi connectivity index (χ0) is 17.3. The minimum atomic E-state index is -3.95. The lowest BCUT2D eigenvalue weighted by atomic mass is 10.2. The van der Waals surface area contributed by atoms with Crippen molar-refractivity contribution in [2.75, 3.05) is 6.61 Å². The third kappa shape index (κ3) is 2.80. The number of sulfone groups is 1. The summed E-state index contributed by atoms with van der Waals surface area (Å²) in [5, 5.41) is 0.492. The van der Waals surface area contributed by atoms with Crippen molar-refractivity contribution in [1.82, 2.24) is 0 Å². The highest BCUT2D eigenvalue weighted by atomic mass is 32.2. The lowest BCUT2D eigenvalue weighted by Gasteiger charge is -2.08. The van der Waals surface area contributed by atoms with Crippen molar-refractivity contribution in [3.05, 3.63) is 64.5 Å². The molecule has 0 N–H and O–H groups in total. The molecule has 1 heterocycles. The van der Waals surface area contributed by atoms with Crippen LogP contribution in [0.1, 0.15) is 12.5 Å². The van der Waals surface area contributed by atoms with Gasteiger partial charge < -0.3 is 9.15 Å². The van der Waals surface area contributed by atoms with Crippen LogP contribution in [0.3, 0.4) is 0 Å². The summed E-state index contributed by atoms with van der Waals surface area (Å²) < 4.78 is 36.1. The summed E-state index contributed by atoms with van der Waals surface area (Å²) in [6.45, 7) is 4.08. The normalized spacial score (nSPS) is 11.6. The molecular weight excluding hydrogens is 328 g/mol. The van der Waals surface area contributed by atoms with Crippen LogP contribution in [0.25, 0.3) is 11.0 Å². The molecule has 3 rings (SSSR count). The van der Waals surface area contributed by atoms with Gasteiger partial charge >= 0.3 is 5.63 Å². The highest BCUT2D eigenvalue weighted by Crippen LogP contribution is 2.27. The molecule has 5 nitrogen and oxygen atoms in total. The van der Waals surface area contributed by atoms with Crippen LogP contribution in [0.15, 0.2) is 67.5 Å². The van der Waals surface area contributed by atoms with Gasteiger partial charge in [0.25, 0.3) is 0 Å². The first-order chi connectivity index (χ1) is 11.4. The summed E-state index contributed by atoms with van der Waals surface area (Å²) in [6.07, 6.45) is 0. The summed E-state index contributed by atoms with van der Waals surface area (Å²) >= 11 is 0. The van der Waals surface area contributed by atoms with Gasteiger partial charge in [-0.25, -0.2) is 13.2 Å². The van der Waals surface area contributed by atoms with Crippen LogP contribution < -0.4 is 10.4 Å².